The van der Waals surface area contributed by atoms with Gasteiger partial charge in [-0.1, -0.05) is 0 Å². The van der Waals surface area contributed by atoms with Crippen LogP contribution in [-0.2, 0) is 13.6 Å². The first-order valence-corrected chi connectivity index (χ1v) is 4.35. The van der Waals surface area contributed by atoms with Gasteiger partial charge >= 0.3 is 0 Å². The summed E-state index contributed by atoms with van der Waals surface area (Å²) in [7, 11) is 1.93. The molecule has 4 heteroatoms. The lowest BCUT2D eigenvalue weighted by molar-refractivity contribution is 0.611. The molecule has 1 N–H and O–H groups in total. The fourth-order valence-corrected chi connectivity index (χ4v) is 1.23. The molecular weight excluding hydrogens is 152 g/mol. The van der Waals surface area contributed by atoms with Crippen LogP contribution in [0, 0.1) is 6.92 Å². The minimum Gasteiger partial charge on any atom is -0.307 e. The second kappa shape index (κ2) is 2.86. The van der Waals surface area contributed by atoms with Crippen LogP contribution >= 0.6 is 0 Å². The minimum absolute atomic E-state index is 0.738. The zero-order valence-electron chi connectivity index (χ0n) is 7.54. The number of rotatable bonds is 3. The van der Waals surface area contributed by atoms with Gasteiger partial charge in [0, 0.05) is 13.1 Å². The van der Waals surface area contributed by atoms with Crippen molar-refractivity contribution in [2.75, 3.05) is 0 Å². The van der Waals surface area contributed by atoms with Crippen LogP contribution in [0.4, 0.5) is 0 Å². The Morgan fingerprint density at radius 1 is 1.58 bits per heavy atom. The summed E-state index contributed by atoms with van der Waals surface area (Å²) in [5.41, 5.74) is 0. The number of hydrogen-bond donors (Lipinski definition) is 1. The molecule has 1 aliphatic carbocycles. The number of aryl methyl sites for hydroxylation is 2. The molecular formula is C8H14N4. The van der Waals surface area contributed by atoms with Gasteiger partial charge in [0.25, 0.3) is 0 Å². The van der Waals surface area contributed by atoms with E-state index in [1.807, 2.05) is 18.7 Å². The Kier molecular flexibility index (Phi) is 1.84. The molecule has 1 saturated carbocycles. The van der Waals surface area contributed by atoms with E-state index in [2.05, 4.69) is 15.4 Å². The number of hydrogen-bond acceptors (Lipinski definition) is 3. The third kappa shape index (κ3) is 1.64. The van der Waals surface area contributed by atoms with Crippen molar-refractivity contribution in [2.45, 2.75) is 32.4 Å². The highest BCUT2D eigenvalue weighted by Gasteiger charge is 2.20. The van der Waals surface area contributed by atoms with Gasteiger partial charge < -0.3 is 5.32 Å². The van der Waals surface area contributed by atoms with E-state index in [1.165, 1.54) is 12.8 Å². The topological polar surface area (TPSA) is 42.7 Å². The maximum Gasteiger partial charge on any atom is 0.147 e. The average Bonchev–Trinajstić information content (AvgIpc) is 2.76. The molecule has 1 heterocycles. The molecule has 0 atom stereocenters. The number of nitrogens with one attached hydrogen (secondary N) is 1. The molecule has 0 aromatic carbocycles. The lowest BCUT2D eigenvalue weighted by Crippen LogP contribution is -2.18. The maximum absolute atomic E-state index is 4.30. The molecule has 1 aromatic heterocycles. The summed E-state index contributed by atoms with van der Waals surface area (Å²) in [6.45, 7) is 2.77. The lowest BCUT2D eigenvalue weighted by Gasteiger charge is -2.00. The molecule has 0 saturated heterocycles. The molecule has 1 aromatic rings. The van der Waals surface area contributed by atoms with Crippen LogP contribution in [0.25, 0.3) is 0 Å². The van der Waals surface area contributed by atoms with Crippen LogP contribution in [0.15, 0.2) is 0 Å². The second-order valence-corrected chi connectivity index (χ2v) is 3.35. The third-order valence-electron chi connectivity index (χ3n) is 2.09. The predicted molar refractivity (Wildman–Crippen MR) is 45.6 cm³/mol. The highest BCUT2D eigenvalue weighted by molar-refractivity contribution is 4.92. The summed E-state index contributed by atoms with van der Waals surface area (Å²) < 4.78 is 1.84. The normalized spacial score (nSPS) is 16.8. The Morgan fingerprint density at radius 2 is 2.33 bits per heavy atom. The Morgan fingerprint density at radius 3 is 2.83 bits per heavy atom. The summed E-state index contributed by atoms with van der Waals surface area (Å²) >= 11 is 0. The van der Waals surface area contributed by atoms with E-state index in [0.717, 1.165) is 24.2 Å². The van der Waals surface area contributed by atoms with Crippen molar-refractivity contribution in [3.63, 3.8) is 0 Å². The van der Waals surface area contributed by atoms with E-state index in [4.69, 9.17) is 0 Å². The van der Waals surface area contributed by atoms with Gasteiger partial charge in [-0.05, 0) is 19.8 Å². The molecule has 4 nitrogen and oxygen atoms in total. The smallest absolute Gasteiger partial charge is 0.147 e. The van der Waals surface area contributed by atoms with Crippen molar-refractivity contribution in [2.24, 2.45) is 7.05 Å². The lowest BCUT2D eigenvalue weighted by atomic mass is 10.5. The van der Waals surface area contributed by atoms with Gasteiger partial charge in [-0.2, -0.15) is 5.10 Å². The average molecular weight is 166 g/mol. The first kappa shape index (κ1) is 7.73. The molecule has 2 rings (SSSR count). The van der Waals surface area contributed by atoms with Gasteiger partial charge in [-0.3, -0.25) is 4.68 Å². The Hall–Kier alpha value is -0.900. The molecule has 12 heavy (non-hydrogen) atoms. The van der Waals surface area contributed by atoms with Gasteiger partial charge in [0.1, 0.15) is 11.6 Å². The first-order chi connectivity index (χ1) is 5.75. The largest absolute Gasteiger partial charge is 0.307 e. The standard InChI is InChI=1S/C8H14N4/c1-6-10-8(12(2)11-6)5-9-7-3-4-7/h7,9H,3-5H2,1-2H3. The van der Waals surface area contributed by atoms with E-state index in [-0.39, 0.29) is 0 Å². The molecule has 0 spiro atoms. The molecule has 0 radical (unpaired) electrons. The van der Waals surface area contributed by atoms with Crippen molar-refractivity contribution >= 4 is 0 Å². The maximum atomic E-state index is 4.30. The van der Waals surface area contributed by atoms with Crippen molar-refractivity contribution < 1.29 is 0 Å². The molecule has 0 unspecified atom stereocenters. The molecule has 0 bridgehead atoms. The SMILES string of the molecule is Cc1nc(CNC2CC2)n(C)n1. The van der Waals surface area contributed by atoms with Gasteiger partial charge in [-0.25, -0.2) is 4.98 Å². The molecule has 1 aliphatic rings. The summed E-state index contributed by atoms with van der Waals surface area (Å²) in [5.74, 6) is 1.88. The Balaban J connectivity index is 1.96. The van der Waals surface area contributed by atoms with Gasteiger partial charge in [0.05, 0.1) is 6.54 Å². The second-order valence-electron chi connectivity index (χ2n) is 3.35. The van der Waals surface area contributed by atoms with Gasteiger partial charge in [-0.15, -0.1) is 0 Å². The highest BCUT2D eigenvalue weighted by atomic mass is 15.3. The van der Waals surface area contributed by atoms with Crippen LogP contribution in [0.5, 0.6) is 0 Å². The molecule has 1 fully saturated rings. The van der Waals surface area contributed by atoms with E-state index in [0.29, 0.717) is 0 Å². The fourth-order valence-electron chi connectivity index (χ4n) is 1.23. The minimum atomic E-state index is 0.738. The van der Waals surface area contributed by atoms with Gasteiger partial charge in [0.15, 0.2) is 0 Å². The monoisotopic (exact) mass is 166 g/mol. The van der Waals surface area contributed by atoms with Gasteiger partial charge in [0.2, 0.25) is 0 Å². The Bertz CT molecular complexity index is 275. The zero-order chi connectivity index (χ0) is 8.55. The van der Waals surface area contributed by atoms with Crippen molar-refractivity contribution in [3.05, 3.63) is 11.6 Å². The Labute approximate surface area is 72.0 Å². The van der Waals surface area contributed by atoms with E-state index in [9.17, 15) is 0 Å². The van der Waals surface area contributed by atoms with Crippen LogP contribution in [0.2, 0.25) is 0 Å². The third-order valence-corrected chi connectivity index (χ3v) is 2.09. The quantitative estimate of drug-likeness (QED) is 0.705. The number of aromatic nitrogens is 3. The van der Waals surface area contributed by atoms with Crippen LogP contribution in [0.1, 0.15) is 24.5 Å². The van der Waals surface area contributed by atoms with E-state index < -0.39 is 0 Å². The first-order valence-electron chi connectivity index (χ1n) is 4.35. The van der Waals surface area contributed by atoms with Crippen molar-refractivity contribution in [3.8, 4) is 0 Å². The summed E-state index contributed by atoms with van der Waals surface area (Å²) in [6.07, 6.45) is 2.63. The van der Waals surface area contributed by atoms with Crippen LogP contribution in [0.3, 0.4) is 0 Å². The molecule has 66 valence electrons. The van der Waals surface area contributed by atoms with Crippen LogP contribution in [-0.4, -0.2) is 20.8 Å². The molecule has 0 aliphatic heterocycles. The van der Waals surface area contributed by atoms with E-state index >= 15 is 0 Å². The van der Waals surface area contributed by atoms with Crippen molar-refractivity contribution in [1.82, 2.24) is 20.1 Å². The zero-order valence-corrected chi connectivity index (χ0v) is 7.54. The fraction of sp³-hybridized carbons (Fsp3) is 0.750. The highest BCUT2D eigenvalue weighted by Crippen LogP contribution is 2.18. The van der Waals surface area contributed by atoms with E-state index in [1.54, 1.807) is 0 Å². The molecule has 0 amide bonds. The van der Waals surface area contributed by atoms with Crippen molar-refractivity contribution in [1.29, 1.82) is 0 Å². The summed E-state index contributed by atoms with van der Waals surface area (Å²) in [4.78, 5) is 4.30. The number of nitrogens with zero attached hydrogens (tertiary/aromatic N) is 3. The summed E-state index contributed by atoms with van der Waals surface area (Å²) in [5, 5.41) is 7.58. The summed E-state index contributed by atoms with van der Waals surface area (Å²) in [6, 6.07) is 0.738. The van der Waals surface area contributed by atoms with Crippen LogP contribution < -0.4 is 5.32 Å². The predicted octanol–water partition coefficient (Wildman–Crippen LogP) is 0.376.